The van der Waals surface area contributed by atoms with Crippen LogP contribution in [0.3, 0.4) is 0 Å². The first kappa shape index (κ1) is 23.1. The Labute approximate surface area is 191 Å². The van der Waals surface area contributed by atoms with Crippen LogP contribution in [0.25, 0.3) is 11.6 Å². The highest BCUT2D eigenvalue weighted by molar-refractivity contribution is 7.89. The van der Waals surface area contributed by atoms with E-state index >= 15 is 0 Å². The summed E-state index contributed by atoms with van der Waals surface area (Å²) in [6.45, 7) is 1.03. The number of aromatic nitrogens is 2. The van der Waals surface area contributed by atoms with E-state index in [0.717, 1.165) is 0 Å². The number of sulfonamides is 1. The molecule has 0 spiro atoms. The fraction of sp³-hybridized carbons (Fsp3) is 0.409. The molecule has 10 nitrogen and oxygen atoms in total. The van der Waals surface area contributed by atoms with Crippen molar-refractivity contribution in [2.24, 2.45) is 0 Å². The van der Waals surface area contributed by atoms with Crippen molar-refractivity contribution in [2.45, 2.75) is 43.2 Å². The SMILES string of the molecule is COC1CCN(S(=O)(=O)c2cc(C(=O)O)ccc2C2=Cc3c(CC(=O)O)cnn3CC2)CC1. The van der Waals surface area contributed by atoms with Crippen molar-refractivity contribution >= 4 is 33.6 Å². The number of piperidine rings is 1. The number of carbonyl (C=O) groups is 2. The number of carboxylic acids is 2. The molecule has 33 heavy (non-hydrogen) atoms. The molecular formula is C22H25N3O7S. The molecule has 0 amide bonds. The van der Waals surface area contributed by atoms with Gasteiger partial charge in [0.25, 0.3) is 0 Å². The zero-order valence-electron chi connectivity index (χ0n) is 18.1. The Morgan fingerprint density at radius 3 is 2.55 bits per heavy atom. The molecule has 2 aliphatic heterocycles. The van der Waals surface area contributed by atoms with Gasteiger partial charge in [-0.15, -0.1) is 0 Å². The van der Waals surface area contributed by atoms with Crippen molar-refractivity contribution in [1.82, 2.24) is 14.1 Å². The first-order valence-electron chi connectivity index (χ1n) is 10.6. The summed E-state index contributed by atoms with van der Waals surface area (Å²) in [5.74, 6) is -2.20. The van der Waals surface area contributed by atoms with Gasteiger partial charge in [-0.25, -0.2) is 13.2 Å². The fourth-order valence-corrected chi connectivity index (χ4v) is 6.06. The Kier molecular flexibility index (Phi) is 6.37. The minimum Gasteiger partial charge on any atom is -0.481 e. The zero-order chi connectivity index (χ0) is 23.8. The van der Waals surface area contributed by atoms with E-state index in [1.54, 1.807) is 17.9 Å². The molecule has 0 bridgehead atoms. The van der Waals surface area contributed by atoms with E-state index in [1.165, 1.54) is 28.7 Å². The number of hydrogen-bond acceptors (Lipinski definition) is 6. The Morgan fingerprint density at radius 1 is 1.18 bits per heavy atom. The highest BCUT2D eigenvalue weighted by atomic mass is 32.2. The van der Waals surface area contributed by atoms with E-state index in [2.05, 4.69) is 5.10 Å². The first-order valence-corrected chi connectivity index (χ1v) is 12.0. The third kappa shape index (κ3) is 4.56. The molecule has 1 aromatic carbocycles. The van der Waals surface area contributed by atoms with Crippen LogP contribution in [0.1, 0.15) is 46.4 Å². The average molecular weight is 476 g/mol. The Hall–Kier alpha value is -3.02. The second kappa shape index (κ2) is 9.08. The smallest absolute Gasteiger partial charge is 0.335 e. The molecule has 3 heterocycles. The van der Waals surface area contributed by atoms with Crippen LogP contribution >= 0.6 is 0 Å². The summed E-state index contributed by atoms with van der Waals surface area (Å²) >= 11 is 0. The molecule has 0 saturated carbocycles. The molecule has 0 unspecified atom stereocenters. The second-order valence-corrected chi connectivity index (χ2v) is 10.0. The van der Waals surface area contributed by atoms with Gasteiger partial charge in [0.15, 0.2) is 0 Å². The lowest BCUT2D eigenvalue weighted by atomic mass is 9.97. The Morgan fingerprint density at radius 2 is 1.91 bits per heavy atom. The van der Waals surface area contributed by atoms with Crippen LogP contribution in [0.15, 0.2) is 29.3 Å². The number of carboxylic acid groups (broad SMARTS) is 2. The number of benzene rings is 1. The molecule has 0 atom stereocenters. The van der Waals surface area contributed by atoms with Gasteiger partial charge in [-0.05, 0) is 48.6 Å². The number of hydrogen-bond donors (Lipinski definition) is 2. The van der Waals surface area contributed by atoms with Gasteiger partial charge < -0.3 is 14.9 Å². The zero-order valence-corrected chi connectivity index (χ0v) is 18.9. The third-order valence-corrected chi connectivity index (χ3v) is 8.07. The maximum Gasteiger partial charge on any atom is 0.335 e. The number of aliphatic carboxylic acids is 1. The molecule has 4 rings (SSSR count). The van der Waals surface area contributed by atoms with E-state index in [4.69, 9.17) is 4.74 Å². The summed E-state index contributed by atoms with van der Waals surface area (Å²) < 4.78 is 35.6. The number of aryl methyl sites for hydroxylation is 1. The molecule has 2 N–H and O–H groups in total. The van der Waals surface area contributed by atoms with Crippen LogP contribution in [0.2, 0.25) is 0 Å². The van der Waals surface area contributed by atoms with Crippen molar-refractivity contribution in [3.05, 3.63) is 46.8 Å². The number of allylic oxidation sites excluding steroid dienone is 1. The molecule has 2 aliphatic rings. The van der Waals surface area contributed by atoms with E-state index in [-0.39, 0.29) is 36.1 Å². The van der Waals surface area contributed by atoms with Gasteiger partial charge in [0, 0.05) is 32.3 Å². The number of methoxy groups -OCH3 is 1. The number of fused-ring (bicyclic) bond motifs is 1. The summed E-state index contributed by atoms with van der Waals surface area (Å²) in [7, 11) is -2.37. The van der Waals surface area contributed by atoms with E-state index in [9.17, 15) is 28.2 Å². The van der Waals surface area contributed by atoms with Gasteiger partial charge in [-0.1, -0.05) is 6.07 Å². The van der Waals surface area contributed by atoms with Crippen LogP contribution in [0.5, 0.6) is 0 Å². The molecule has 1 saturated heterocycles. The number of ether oxygens (including phenoxy) is 1. The molecule has 1 fully saturated rings. The van der Waals surface area contributed by atoms with E-state index in [1.807, 2.05) is 0 Å². The van der Waals surface area contributed by atoms with Gasteiger partial charge in [-0.3, -0.25) is 9.48 Å². The second-order valence-electron chi connectivity index (χ2n) is 8.12. The van der Waals surface area contributed by atoms with Gasteiger partial charge in [0.05, 0.1) is 34.9 Å². The van der Waals surface area contributed by atoms with Gasteiger partial charge >= 0.3 is 11.9 Å². The molecule has 0 aliphatic carbocycles. The Balaban J connectivity index is 1.78. The van der Waals surface area contributed by atoms with Gasteiger partial charge in [0.1, 0.15) is 0 Å². The van der Waals surface area contributed by atoms with Crippen LogP contribution in [0.4, 0.5) is 0 Å². The average Bonchev–Trinajstić information content (AvgIpc) is 3.20. The topological polar surface area (TPSA) is 139 Å². The molecule has 176 valence electrons. The van der Waals surface area contributed by atoms with Crippen molar-refractivity contribution in [1.29, 1.82) is 0 Å². The molecule has 11 heteroatoms. The molecule has 0 radical (unpaired) electrons. The number of aromatic carboxylic acids is 1. The maximum atomic E-state index is 13.6. The normalized spacial score (nSPS) is 17.4. The lowest BCUT2D eigenvalue weighted by molar-refractivity contribution is -0.136. The summed E-state index contributed by atoms with van der Waals surface area (Å²) in [5, 5.41) is 22.9. The van der Waals surface area contributed by atoms with E-state index < -0.39 is 22.0 Å². The van der Waals surface area contributed by atoms with Gasteiger partial charge in [0.2, 0.25) is 10.0 Å². The van der Waals surface area contributed by atoms with E-state index in [0.29, 0.717) is 48.2 Å². The van der Waals surface area contributed by atoms with Crippen LogP contribution in [-0.4, -0.2) is 71.0 Å². The van der Waals surface area contributed by atoms with Crippen molar-refractivity contribution in [3.63, 3.8) is 0 Å². The van der Waals surface area contributed by atoms with Crippen LogP contribution < -0.4 is 0 Å². The van der Waals surface area contributed by atoms with Crippen LogP contribution in [0, 0.1) is 0 Å². The molecular weight excluding hydrogens is 450 g/mol. The van der Waals surface area contributed by atoms with Gasteiger partial charge in [-0.2, -0.15) is 9.40 Å². The summed E-state index contributed by atoms with van der Waals surface area (Å²) in [4.78, 5) is 22.7. The highest BCUT2D eigenvalue weighted by Gasteiger charge is 2.33. The van der Waals surface area contributed by atoms with Crippen molar-refractivity contribution in [3.8, 4) is 0 Å². The number of rotatable bonds is 7. The summed E-state index contributed by atoms with van der Waals surface area (Å²) in [6, 6.07) is 4.12. The summed E-state index contributed by atoms with van der Waals surface area (Å²) in [5.41, 5.74) is 2.15. The predicted octanol–water partition coefficient (Wildman–Crippen LogP) is 1.95. The largest absolute Gasteiger partial charge is 0.481 e. The lowest BCUT2D eigenvalue weighted by Gasteiger charge is -2.31. The molecule has 1 aromatic heterocycles. The quantitative estimate of drug-likeness (QED) is 0.620. The highest BCUT2D eigenvalue weighted by Crippen LogP contribution is 2.35. The van der Waals surface area contributed by atoms with Crippen molar-refractivity contribution < 1.29 is 33.0 Å². The Bertz CT molecular complexity index is 1220. The van der Waals surface area contributed by atoms with Crippen molar-refractivity contribution in [2.75, 3.05) is 20.2 Å². The number of nitrogens with zero attached hydrogens (tertiary/aromatic N) is 3. The minimum atomic E-state index is -3.97. The lowest BCUT2D eigenvalue weighted by Crippen LogP contribution is -2.40. The third-order valence-electron chi connectivity index (χ3n) is 6.13. The minimum absolute atomic E-state index is 0.00438. The maximum absolute atomic E-state index is 13.6. The first-order chi connectivity index (χ1) is 15.7. The predicted molar refractivity (Wildman–Crippen MR) is 118 cm³/mol. The fourth-order valence-electron chi connectivity index (χ4n) is 4.34. The summed E-state index contributed by atoms with van der Waals surface area (Å²) in [6.07, 6.45) is 4.65. The monoisotopic (exact) mass is 475 g/mol. The standard InChI is InChI=1S/C22H25N3O7S/c1-32-17-5-7-24(8-6-17)33(30,31)20-11-15(22(28)29)2-3-18(20)14-4-9-25-19(10-14)16(13-23-25)12-21(26)27/h2-3,10-11,13,17H,4-9,12H2,1H3,(H,26,27)(H,28,29). The van der Waals surface area contributed by atoms with Crippen LogP contribution in [-0.2, 0) is 32.5 Å². The molecule has 2 aromatic rings.